The van der Waals surface area contributed by atoms with E-state index in [1.165, 1.54) is 15.6 Å². The molecule has 1 aromatic carbocycles. The lowest BCUT2D eigenvalue weighted by molar-refractivity contribution is -0.119. The summed E-state index contributed by atoms with van der Waals surface area (Å²) in [7, 11) is -3.67. The van der Waals surface area contributed by atoms with Gasteiger partial charge in [-0.3, -0.25) is 4.79 Å². The second kappa shape index (κ2) is 6.69. The summed E-state index contributed by atoms with van der Waals surface area (Å²) >= 11 is 2.46. The number of thiophene rings is 1. The van der Waals surface area contributed by atoms with Crippen LogP contribution in [0.1, 0.15) is 12.8 Å². The third-order valence-electron chi connectivity index (χ3n) is 4.68. The number of rotatable bonds is 4. The summed E-state index contributed by atoms with van der Waals surface area (Å²) in [4.78, 5) is 17.2. The van der Waals surface area contributed by atoms with Crippen LogP contribution in [0.2, 0.25) is 0 Å². The van der Waals surface area contributed by atoms with Crippen LogP contribution >= 0.6 is 22.7 Å². The lowest BCUT2D eigenvalue weighted by Gasteiger charge is -2.22. The van der Waals surface area contributed by atoms with E-state index in [0.29, 0.717) is 41.5 Å². The van der Waals surface area contributed by atoms with Gasteiger partial charge in [0.15, 0.2) is 16.6 Å². The number of hydrogen-bond acceptors (Lipinski definition) is 8. The molecule has 28 heavy (non-hydrogen) atoms. The van der Waals surface area contributed by atoms with Crippen molar-refractivity contribution in [2.45, 2.75) is 23.1 Å². The zero-order valence-electron chi connectivity index (χ0n) is 14.5. The molecule has 5 rings (SSSR count). The number of amides is 1. The molecule has 4 heterocycles. The quantitative estimate of drug-likeness (QED) is 0.674. The fourth-order valence-electron chi connectivity index (χ4n) is 3.38. The molecule has 0 spiro atoms. The van der Waals surface area contributed by atoms with Crippen LogP contribution in [0.4, 0.5) is 5.13 Å². The number of sulfonamides is 1. The monoisotopic (exact) mass is 437 g/mol. The van der Waals surface area contributed by atoms with E-state index in [1.807, 2.05) is 6.07 Å². The van der Waals surface area contributed by atoms with Crippen molar-refractivity contribution in [2.75, 3.05) is 18.7 Å². The van der Waals surface area contributed by atoms with Gasteiger partial charge in [-0.2, -0.15) is 4.31 Å². The van der Waals surface area contributed by atoms with Gasteiger partial charge in [0.05, 0.1) is 10.2 Å². The number of ether oxygens (including phenoxy) is 2. The molecule has 1 amide bonds. The minimum atomic E-state index is -3.67. The van der Waals surface area contributed by atoms with Crippen LogP contribution in [0, 0.1) is 0 Å². The van der Waals surface area contributed by atoms with E-state index in [1.54, 1.807) is 23.6 Å². The van der Waals surface area contributed by atoms with Gasteiger partial charge in [-0.1, -0.05) is 17.4 Å². The summed E-state index contributed by atoms with van der Waals surface area (Å²) in [6.45, 7) is 0.520. The first kappa shape index (κ1) is 17.9. The lowest BCUT2D eigenvalue weighted by Crippen LogP contribution is -2.42. The number of nitrogens with zero attached hydrogens (tertiary/aromatic N) is 2. The maximum Gasteiger partial charge on any atom is 0.253 e. The number of thiazole rings is 1. The van der Waals surface area contributed by atoms with E-state index < -0.39 is 16.1 Å². The predicted molar refractivity (Wildman–Crippen MR) is 106 cm³/mol. The Bertz CT molecular complexity index is 1120. The van der Waals surface area contributed by atoms with Gasteiger partial charge in [0, 0.05) is 18.7 Å². The Hall–Kier alpha value is -2.21. The highest BCUT2D eigenvalue weighted by atomic mass is 32.2. The topological polar surface area (TPSA) is 97.8 Å². The summed E-state index contributed by atoms with van der Waals surface area (Å²) in [5.74, 6) is 0.912. The average Bonchev–Trinajstić information content (AvgIpc) is 3.45. The Morgan fingerprint density at radius 3 is 2.89 bits per heavy atom. The number of fused-ring (bicyclic) bond motifs is 2. The summed E-state index contributed by atoms with van der Waals surface area (Å²) < 4.78 is 38.8. The molecule has 1 atom stereocenters. The molecule has 1 saturated heterocycles. The number of carbonyl (C=O) groups is 1. The maximum atomic E-state index is 12.8. The fourth-order valence-corrected chi connectivity index (χ4v) is 7.03. The summed E-state index contributed by atoms with van der Waals surface area (Å²) in [5, 5.41) is 4.91. The standard InChI is InChI=1S/C17H15N3O5S3/c21-16(11-3-1-5-20(11)28(22,23)15-4-2-6-26-15)19-17-18-10-7-12-13(25-9-24-12)8-14(10)27-17/h2,4,6-8,11H,1,3,5,9H2,(H,18,19,21)/t11-/m0/s1. The summed E-state index contributed by atoms with van der Waals surface area (Å²) in [6.07, 6.45) is 1.13. The smallest absolute Gasteiger partial charge is 0.253 e. The largest absolute Gasteiger partial charge is 0.454 e. The van der Waals surface area contributed by atoms with Gasteiger partial charge in [-0.25, -0.2) is 13.4 Å². The van der Waals surface area contributed by atoms with Crippen LogP contribution < -0.4 is 14.8 Å². The number of anilines is 1. The van der Waals surface area contributed by atoms with E-state index in [-0.39, 0.29) is 16.9 Å². The van der Waals surface area contributed by atoms with Crippen LogP contribution in [-0.2, 0) is 14.8 Å². The van der Waals surface area contributed by atoms with Crippen LogP contribution in [0.3, 0.4) is 0 Å². The van der Waals surface area contributed by atoms with E-state index in [2.05, 4.69) is 10.3 Å². The summed E-state index contributed by atoms with van der Waals surface area (Å²) in [5.41, 5.74) is 0.694. The van der Waals surface area contributed by atoms with Gasteiger partial charge in [-0.15, -0.1) is 11.3 Å². The molecule has 0 aliphatic carbocycles. The van der Waals surface area contributed by atoms with Crippen molar-refractivity contribution in [1.29, 1.82) is 0 Å². The molecular weight excluding hydrogens is 422 g/mol. The van der Waals surface area contributed by atoms with E-state index in [9.17, 15) is 13.2 Å². The second-order valence-electron chi connectivity index (χ2n) is 6.39. The Morgan fingerprint density at radius 2 is 2.11 bits per heavy atom. The normalized spacial score (nSPS) is 19.4. The molecule has 1 N–H and O–H groups in total. The van der Waals surface area contributed by atoms with Gasteiger partial charge in [-0.05, 0) is 24.3 Å². The minimum absolute atomic E-state index is 0.187. The maximum absolute atomic E-state index is 12.8. The number of aromatic nitrogens is 1. The van der Waals surface area contributed by atoms with Gasteiger partial charge in [0.1, 0.15) is 10.3 Å². The first-order chi connectivity index (χ1) is 13.5. The second-order valence-corrected chi connectivity index (χ2v) is 10.5. The van der Waals surface area contributed by atoms with Crippen molar-refractivity contribution in [3.63, 3.8) is 0 Å². The van der Waals surface area contributed by atoms with Gasteiger partial charge >= 0.3 is 0 Å². The van der Waals surface area contributed by atoms with Crippen LogP contribution in [-0.4, -0.2) is 43.0 Å². The number of carbonyl (C=O) groups excluding carboxylic acids is 1. The highest BCUT2D eigenvalue weighted by molar-refractivity contribution is 7.91. The highest BCUT2D eigenvalue weighted by Crippen LogP contribution is 2.39. The van der Waals surface area contributed by atoms with Gasteiger partial charge in [0.25, 0.3) is 10.0 Å². The van der Waals surface area contributed by atoms with Crippen molar-refractivity contribution >= 4 is 54.0 Å². The average molecular weight is 438 g/mol. The molecule has 11 heteroatoms. The van der Waals surface area contributed by atoms with Crippen LogP contribution in [0.15, 0.2) is 33.9 Å². The Kier molecular flexibility index (Phi) is 4.27. The van der Waals surface area contributed by atoms with Gasteiger partial charge in [0.2, 0.25) is 12.7 Å². The Balaban J connectivity index is 1.38. The molecule has 2 aliphatic rings. The van der Waals surface area contributed by atoms with E-state index >= 15 is 0 Å². The van der Waals surface area contributed by atoms with Crippen molar-refractivity contribution in [3.05, 3.63) is 29.6 Å². The molecule has 146 valence electrons. The molecular formula is C17H15N3O5S3. The molecule has 1 fully saturated rings. The minimum Gasteiger partial charge on any atom is -0.454 e. The third-order valence-corrected chi connectivity index (χ3v) is 8.89. The zero-order chi connectivity index (χ0) is 19.3. The Morgan fingerprint density at radius 1 is 1.29 bits per heavy atom. The molecule has 8 nitrogen and oxygen atoms in total. The first-order valence-electron chi connectivity index (χ1n) is 8.59. The van der Waals surface area contributed by atoms with E-state index in [0.717, 1.165) is 16.0 Å². The predicted octanol–water partition coefficient (Wildman–Crippen LogP) is 2.88. The number of nitrogens with one attached hydrogen (secondary N) is 1. The SMILES string of the molecule is O=C(Nc1nc2cc3c(cc2s1)OCO3)[C@@H]1CCCN1S(=O)(=O)c1cccs1. The molecule has 0 radical (unpaired) electrons. The van der Waals surface area contributed by atoms with Crippen LogP contribution in [0.5, 0.6) is 11.5 Å². The third kappa shape index (κ3) is 2.94. The first-order valence-corrected chi connectivity index (χ1v) is 11.7. The zero-order valence-corrected chi connectivity index (χ0v) is 16.9. The number of benzene rings is 1. The van der Waals surface area contributed by atoms with Crippen molar-refractivity contribution < 1.29 is 22.7 Å². The van der Waals surface area contributed by atoms with Crippen molar-refractivity contribution in [2.24, 2.45) is 0 Å². The fraction of sp³-hybridized carbons (Fsp3) is 0.294. The van der Waals surface area contributed by atoms with Crippen molar-refractivity contribution in [1.82, 2.24) is 9.29 Å². The molecule has 2 aliphatic heterocycles. The molecule has 0 saturated carbocycles. The van der Waals surface area contributed by atoms with Crippen molar-refractivity contribution in [3.8, 4) is 11.5 Å². The Labute approximate surface area is 168 Å². The lowest BCUT2D eigenvalue weighted by atomic mass is 10.2. The van der Waals surface area contributed by atoms with Gasteiger partial charge < -0.3 is 14.8 Å². The number of hydrogen-bond donors (Lipinski definition) is 1. The molecule has 2 aromatic heterocycles. The summed E-state index contributed by atoms with van der Waals surface area (Å²) in [6, 6.07) is 6.11. The molecule has 0 bridgehead atoms. The van der Waals surface area contributed by atoms with E-state index in [4.69, 9.17) is 9.47 Å². The highest BCUT2D eigenvalue weighted by Gasteiger charge is 2.40. The van der Waals surface area contributed by atoms with Crippen LogP contribution in [0.25, 0.3) is 10.2 Å². The molecule has 0 unspecified atom stereocenters. The molecule has 3 aromatic rings.